The number of nitrogens with one attached hydrogen (secondary N) is 3. The highest BCUT2D eigenvalue weighted by atomic mass is 19.4. The number of allylic oxidation sites excluding steroid dienone is 2. The fraction of sp³-hybridized carbons (Fsp3) is 0.487. The predicted molar refractivity (Wildman–Crippen MR) is 198 cm³/mol. The molecule has 2 aliphatic carbocycles. The fourth-order valence-corrected chi connectivity index (χ4v) is 5.81. The first-order valence-corrected chi connectivity index (χ1v) is 18.5. The van der Waals surface area contributed by atoms with E-state index < -0.39 is 6.36 Å². The third kappa shape index (κ3) is 14.8. The van der Waals surface area contributed by atoms with Gasteiger partial charge in [-0.1, -0.05) is 24.3 Å². The number of hydrogen-bond acceptors (Lipinski definition) is 12. The van der Waals surface area contributed by atoms with E-state index in [4.69, 9.17) is 28.4 Å². The lowest BCUT2D eigenvalue weighted by Crippen LogP contribution is -2.48. The molecule has 0 saturated heterocycles. The highest BCUT2D eigenvalue weighted by molar-refractivity contribution is 5.95. The average molecular weight is 788 g/mol. The molecule has 0 bridgehead atoms. The monoisotopic (exact) mass is 787 g/mol. The van der Waals surface area contributed by atoms with Crippen molar-refractivity contribution in [2.24, 2.45) is 17.8 Å². The van der Waals surface area contributed by atoms with Crippen LogP contribution in [-0.2, 0) is 33.2 Å². The van der Waals surface area contributed by atoms with Gasteiger partial charge >= 0.3 is 6.36 Å². The number of benzene rings is 2. The van der Waals surface area contributed by atoms with Crippen LogP contribution in [0, 0.1) is 17.8 Å². The summed E-state index contributed by atoms with van der Waals surface area (Å²) in [6, 6.07) is 13.8. The molecule has 3 N–H and O–H groups in total. The minimum atomic E-state index is -4.77. The van der Waals surface area contributed by atoms with Gasteiger partial charge in [0.2, 0.25) is 5.91 Å². The maximum absolute atomic E-state index is 12.7. The summed E-state index contributed by atoms with van der Waals surface area (Å²) in [7, 11) is 0. The summed E-state index contributed by atoms with van der Waals surface area (Å²) in [5, 5.41) is 8.77. The van der Waals surface area contributed by atoms with E-state index in [0.717, 1.165) is 6.42 Å². The molecule has 2 amide bonds. The van der Waals surface area contributed by atoms with Gasteiger partial charge in [-0.15, -0.1) is 13.2 Å². The lowest BCUT2D eigenvalue weighted by molar-refractivity contribution is -0.274. The van der Waals surface area contributed by atoms with Crippen LogP contribution in [0.4, 0.5) is 24.7 Å². The van der Waals surface area contributed by atoms with Gasteiger partial charge < -0.3 is 49.1 Å². The number of alkyl halides is 3. The molecule has 304 valence electrons. The number of amides is 2. The molecular weight excluding hydrogens is 739 g/mol. The largest absolute Gasteiger partial charge is 0.573 e. The van der Waals surface area contributed by atoms with Crippen LogP contribution in [0.25, 0.3) is 11.3 Å². The van der Waals surface area contributed by atoms with Gasteiger partial charge in [-0.2, -0.15) is 0 Å². The second kappa shape index (κ2) is 22.8. The Morgan fingerprint density at radius 3 is 1.82 bits per heavy atom. The summed E-state index contributed by atoms with van der Waals surface area (Å²) in [5.41, 5.74) is 2.15. The van der Waals surface area contributed by atoms with Crippen LogP contribution < -0.4 is 20.7 Å². The molecule has 1 saturated carbocycles. The van der Waals surface area contributed by atoms with Crippen LogP contribution in [0.3, 0.4) is 0 Å². The zero-order valence-corrected chi connectivity index (χ0v) is 31.0. The molecule has 1 heterocycles. The number of carbonyl (C=O) groups is 2. The molecule has 5 rings (SSSR count). The summed E-state index contributed by atoms with van der Waals surface area (Å²) in [6.07, 6.45) is 1.85. The number of anilines is 2. The van der Waals surface area contributed by atoms with Gasteiger partial charge in [-0.3, -0.25) is 9.59 Å². The number of nitrogens with zero attached hydrogens (tertiary/aromatic N) is 2. The molecule has 0 spiro atoms. The van der Waals surface area contributed by atoms with Crippen molar-refractivity contribution in [2.45, 2.75) is 12.8 Å². The normalized spacial score (nSPS) is 17.0. The number of aromatic nitrogens is 2. The molecule has 2 unspecified atom stereocenters. The van der Waals surface area contributed by atoms with Gasteiger partial charge in [0.05, 0.1) is 85.0 Å². The smallest absolute Gasteiger partial charge is 0.406 e. The fourth-order valence-electron chi connectivity index (χ4n) is 5.81. The van der Waals surface area contributed by atoms with E-state index in [9.17, 15) is 22.8 Å². The molecule has 1 fully saturated rings. The topological polar surface area (TPSA) is 161 Å². The average Bonchev–Trinajstić information content (AvgIpc) is 3.18. The maximum Gasteiger partial charge on any atom is 0.573 e. The summed E-state index contributed by atoms with van der Waals surface area (Å²) in [4.78, 5) is 33.3. The first-order valence-electron chi connectivity index (χ1n) is 18.5. The summed E-state index contributed by atoms with van der Waals surface area (Å²) >= 11 is 0. The Labute approximate surface area is 323 Å². The molecule has 0 radical (unpaired) electrons. The van der Waals surface area contributed by atoms with Crippen molar-refractivity contribution in [3.63, 3.8) is 0 Å². The minimum absolute atomic E-state index is 0.127. The Kier molecular flexibility index (Phi) is 17.3. The van der Waals surface area contributed by atoms with Crippen LogP contribution in [0.15, 0.2) is 73.1 Å². The third-order valence-corrected chi connectivity index (χ3v) is 8.79. The molecule has 3 aromatic rings. The number of ether oxygens (including phenoxy) is 7. The van der Waals surface area contributed by atoms with Gasteiger partial charge in [0.25, 0.3) is 5.91 Å². The van der Waals surface area contributed by atoms with E-state index in [1.807, 2.05) is 0 Å². The molecule has 17 heteroatoms. The zero-order chi connectivity index (χ0) is 39.4. The lowest BCUT2D eigenvalue weighted by Gasteiger charge is -2.46. The van der Waals surface area contributed by atoms with E-state index in [1.165, 1.54) is 30.6 Å². The molecular formula is C39H48F3N5O9. The van der Waals surface area contributed by atoms with Crippen molar-refractivity contribution in [1.82, 2.24) is 20.6 Å². The number of fused-ring (bicyclic) bond motifs is 1. The van der Waals surface area contributed by atoms with E-state index in [0.29, 0.717) is 133 Å². The summed E-state index contributed by atoms with van der Waals surface area (Å²) < 4.78 is 74.2. The van der Waals surface area contributed by atoms with Crippen molar-refractivity contribution in [1.29, 1.82) is 0 Å². The SMILES string of the molecule is O=C(NCCOCCOCCOCCOCCOCCOCCNC(=O)C1CC2C=C[C@H]21)c1cccc(-c2cc(Nc3ccc(OC(F)(F)F)cc3)ncn2)c1. The molecule has 56 heavy (non-hydrogen) atoms. The van der Waals surface area contributed by atoms with E-state index in [1.54, 1.807) is 30.3 Å². The highest BCUT2D eigenvalue weighted by Crippen LogP contribution is 2.48. The minimum Gasteiger partial charge on any atom is -0.406 e. The zero-order valence-electron chi connectivity index (χ0n) is 31.0. The van der Waals surface area contributed by atoms with Gasteiger partial charge in [-0.25, -0.2) is 9.97 Å². The molecule has 0 aliphatic heterocycles. The summed E-state index contributed by atoms with van der Waals surface area (Å²) in [5.74, 6) is 1.14. The van der Waals surface area contributed by atoms with Crippen molar-refractivity contribution in [3.05, 3.63) is 78.6 Å². The lowest BCUT2D eigenvalue weighted by atomic mass is 9.58. The van der Waals surface area contributed by atoms with Crippen molar-refractivity contribution < 1.29 is 55.9 Å². The van der Waals surface area contributed by atoms with Crippen LogP contribution in [0.5, 0.6) is 5.75 Å². The number of hydrogen-bond donors (Lipinski definition) is 3. The standard InChI is InChI=1S/C39H48F3N5O9/c40-39(41,42)56-32-7-5-31(6-8-32)47-36-26-35(45-27-46-36)29-2-1-3-30(24-29)37(48)43-10-12-50-14-16-52-18-20-54-22-23-55-21-19-53-17-15-51-13-11-44-38(49)34-25-28-4-9-33(28)34/h1-9,24,26-28,33-34H,10-23,25H2,(H,43,48)(H,44,49)(H,45,46,47)/t28?,33-,34?/m1/s1. The Balaban J connectivity index is 0.804. The Morgan fingerprint density at radius 1 is 0.696 bits per heavy atom. The molecule has 3 atom stereocenters. The van der Waals surface area contributed by atoms with Crippen LogP contribution in [0.2, 0.25) is 0 Å². The Morgan fingerprint density at radius 2 is 1.29 bits per heavy atom. The second-order valence-corrected chi connectivity index (χ2v) is 12.8. The number of halogens is 3. The molecule has 2 aromatic carbocycles. The first kappa shape index (κ1) is 42.5. The first-order chi connectivity index (χ1) is 27.2. The van der Waals surface area contributed by atoms with Crippen LogP contribution in [-0.4, -0.2) is 121 Å². The van der Waals surface area contributed by atoms with Gasteiger partial charge in [0, 0.05) is 41.9 Å². The third-order valence-electron chi connectivity index (χ3n) is 8.79. The number of carbonyl (C=O) groups excluding carboxylic acids is 2. The van der Waals surface area contributed by atoms with Gasteiger partial charge in [0.1, 0.15) is 17.9 Å². The molecule has 2 aliphatic rings. The van der Waals surface area contributed by atoms with E-state index in [-0.39, 0.29) is 23.5 Å². The Hall–Kier alpha value is -4.65. The van der Waals surface area contributed by atoms with Crippen LogP contribution >= 0.6 is 0 Å². The van der Waals surface area contributed by atoms with Gasteiger partial charge in [-0.05, 0) is 54.7 Å². The summed E-state index contributed by atoms with van der Waals surface area (Å²) in [6.45, 7) is 5.91. The predicted octanol–water partition coefficient (Wildman–Crippen LogP) is 4.55. The highest BCUT2D eigenvalue weighted by Gasteiger charge is 2.46. The number of rotatable bonds is 27. The molecule has 14 nitrogen and oxygen atoms in total. The van der Waals surface area contributed by atoms with Crippen molar-refractivity contribution in [3.8, 4) is 17.0 Å². The quantitative estimate of drug-likeness (QED) is 0.0732. The molecule has 1 aromatic heterocycles. The van der Waals surface area contributed by atoms with Gasteiger partial charge in [0.15, 0.2) is 0 Å². The van der Waals surface area contributed by atoms with Crippen molar-refractivity contribution >= 4 is 23.3 Å². The van der Waals surface area contributed by atoms with Crippen LogP contribution in [0.1, 0.15) is 16.8 Å². The maximum atomic E-state index is 12.7. The second-order valence-electron chi connectivity index (χ2n) is 12.8. The van der Waals surface area contributed by atoms with E-state index >= 15 is 0 Å². The Bertz CT molecular complexity index is 1680. The van der Waals surface area contributed by atoms with E-state index in [2.05, 4.69) is 42.8 Å². The van der Waals surface area contributed by atoms with Crippen molar-refractivity contribution in [2.75, 3.05) is 97.7 Å².